The van der Waals surface area contributed by atoms with Crippen molar-refractivity contribution in [2.45, 2.75) is 45.0 Å². The van der Waals surface area contributed by atoms with Crippen LogP contribution in [0.25, 0.3) is 22.6 Å². The lowest BCUT2D eigenvalue weighted by Crippen LogP contribution is -2.35. The van der Waals surface area contributed by atoms with Gasteiger partial charge in [0.25, 0.3) is 5.69 Å². The van der Waals surface area contributed by atoms with Crippen LogP contribution in [0.1, 0.15) is 44.2 Å². The Bertz CT molecular complexity index is 1520. The first-order valence-electron chi connectivity index (χ1n) is 12.2. The Balaban J connectivity index is 1.59. The molecule has 10 nitrogen and oxygen atoms in total. The van der Waals surface area contributed by atoms with Gasteiger partial charge in [-0.05, 0) is 43.2 Å². The summed E-state index contributed by atoms with van der Waals surface area (Å²) in [5, 5.41) is 20.4. The minimum atomic E-state index is -0.966. The van der Waals surface area contributed by atoms with Crippen molar-refractivity contribution in [2.75, 3.05) is 10.7 Å². The van der Waals surface area contributed by atoms with Gasteiger partial charge in [0, 0.05) is 35.9 Å². The molecule has 0 radical (unpaired) electrons. The van der Waals surface area contributed by atoms with Gasteiger partial charge in [-0.15, -0.1) is 10.2 Å². The Hall–Kier alpha value is -4.25. The van der Waals surface area contributed by atoms with E-state index in [0.717, 1.165) is 18.6 Å². The summed E-state index contributed by atoms with van der Waals surface area (Å²) in [5.41, 5.74) is 3.09. The number of unbranched alkanes of at least 4 members (excludes halogenated alkanes) is 1. The van der Waals surface area contributed by atoms with Crippen molar-refractivity contribution in [1.82, 2.24) is 15.2 Å². The van der Waals surface area contributed by atoms with Crippen LogP contribution in [0.3, 0.4) is 0 Å². The summed E-state index contributed by atoms with van der Waals surface area (Å²) in [6.07, 6.45) is 1.11. The molecular formula is C27H25N5O5S. The van der Waals surface area contributed by atoms with Crippen molar-refractivity contribution in [1.29, 1.82) is 0 Å². The molecule has 2 aromatic heterocycles. The van der Waals surface area contributed by atoms with Crippen LogP contribution in [0.2, 0.25) is 0 Å². The van der Waals surface area contributed by atoms with Crippen molar-refractivity contribution < 1.29 is 18.9 Å². The van der Waals surface area contributed by atoms with E-state index < -0.39 is 11.2 Å². The summed E-state index contributed by atoms with van der Waals surface area (Å²) in [6.45, 7) is 5.35. The normalized spacial score (nSPS) is 14.3. The molecule has 11 heteroatoms. The molecule has 1 amide bonds. The average molecular weight is 532 g/mol. The number of para-hydroxylation sites is 1. The van der Waals surface area contributed by atoms with Gasteiger partial charge >= 0.3 is 0 Å². The number of thioether (sulfide) groups is 1. The number of rotatable bonds is 7. The predicted octanol–water partition coefficient (Wildman–Crippen LogP) is 6.35. The minimum Gasteiger partial charge on any atom is -0.455 e. The number of hydrogen-bond donors (Lipinski definition) is 0. The molecule has 2 aromatic carbocycles. The summed E-state index contributed by atoms with van der Waals surface area (Å²) in [4.78, 5) is 29.9. The molecule has 0 bridgehead atoms. The van der Waals surface area contributed by atoms with Gasteiger partial charge in [-0.1, -0.05) is 43.3 Å². The third kappa shape index (κ3) is 4.84. The molecule has 0 fully saturated rings. The maximum atomic E-state index is 13.0. The SMILES string of the molecule is CCCCSc1nnc2c(n1)O[C@H](c1ccc(-c3ccc([N+](=O)[O-])cc3C)o1)N(C(C)=O)c1ccccc1-2. The lowest BCUT2D eigenvalue weighted by molar-refractivity contribution is -0.384. The Morgan fingerprint density at radius 3 is 2.68 bits per heavy atom. The summed E-state index contributed by atoms with van der Waals surface area (Å²) in [5.74, 6) is 1.71. The monoisotopic (exact) mass is 531 g/mol. The van der Waals surface area contributed by atoms with Gasteiger partial charge in [-0.3, -0.25) is 19.8 Å². The predicted molar refractivity (Wildman–Crippen MR) is 143 cm³/mol. The summed E-state index contributed by atoms with van der Waals surface area (Å²) in [6, 6.07) is 15.4. The van der Waals surface area contributed by atoms with E-state index in [1.54, 1.807) is 25.1 Å². The molecule has 5 rings (SSSR count). The van der Waals surface area contributed by atoms with Gasteiger partial charge in [-0.2, -0.15) is 4.98 Å². The Morgan fingerprint density at radius 2 is 1.95 bits per heavy atom. The zero-order valence-electron chi connectivity index (χ0n) is 21.1. The molecule has 4 aromatic rings. The van der Waals surface area contributed by atoms with E-state index in [4.69, 9.17) is 9.15 Å². The molecule has 0 saturated heterocycles. The first kappa shape index (κ1) is 25.4. The number of nitro groups is 1. The van der Waals surface area contributed by atoms with Crippen LogP contribution >= 0.6 is 11.8 Å². The highest BCUT2D eigenvalue weighted by molar-refractivity contribution is 7.99. The van der Waals surface area contributed by atoms with E-state index in [1.807, 2.05) is 24.3 Å². The number of carbonyl (C=O) groups is 1. The number of amides is 1. The molecule has 0 unspecified atom stereocenters. The number of aryl methyl sites for hydroxylation is 1. The lowest BCUT2D eigenvalue weighted by Gasteiger charge is -2.28. The molecule has 38 heavy (non-hydrogen) atoms. The van der Waals surface area contributed by atoms with E-state index >= 15 is 0 Å². The molecule has 0 N–H and O–H groups in total. The molecule has 194 valence electrons. The highest BCUT2D eigenvalue weighted by atomic mass is 32.2. The van der Waals surface area contributed by atoms with E-state index in [9.17, 15) is 14.9 Å². The van der Waals surface area contributed by atoms with Crippen LogP contribution < -0.4 is 9.64 Å². The number of non-ortho nitro benzene ring substituents is 1. The molecule has 0 saturated carbocycles. The Labute approximate surface area is 223 Å². The number of hydrogen-bond acceptors (Lipinski definition) is 9. The van der Waals surface area contributed by atoms with Crippen LogP contribution in [-0.4, -0.2) is 31.8 Å². The molecule has 1 atom stereocenters. The highest BCUT2D eigenvalue weighted by Gasteiger charge is 2.36. The minimum absolute atomic E-state index is 0.000828. The standard InChI is InChI=1S/C27H25N5O5S/c1-4-5-14-38-27-28-25-24(29-30-27)20-8-6-7-9-21(20)31(17(3)33)26(37-25)23-13-12-22(36-23)19-11-10-18(32(34)35)15-16(19)2/h6-13,15,26H,4-5,14H2,1-3H3/t26-/m1/s1. The largest absolute Gasteiger partial charge is 0.455 e. The zero-order valence-corrected chi connectivity index (χ0v) is 21.9. The summed E-state index contributed by atoms with van der Waals surface area (Å²) >= 11 is 1.50. The van der Waals surface area contributed by atoms with Crippen molar-refractivity contribution in [2.24, 2.45) is 0 Å². The summed E-state index contributed by atoms with van der Waals surface area (Å²) < 4.78 is 12.6. The van der Waals surface area contributed by atoms with Crippen LogP contribution in [0.5, 0.6) is 5.88 Å². The second-order valence-electron chi connectivity index (χ2n) is 8.78. The number of ether oxygens (including phenoxy) is 1. The van der Waals surface area contributed by atoms with E-state index in [0.29, 0.717) is 44.7 Å². The van der Waals surface area contributed by atoms with Crippen LogP contribution in [0.4, 0.5) is 11.4 Å². The van der Waals surface area contributed by atoms with Gasteiger partial charge in [-0.25, -0.2) is 0 Å². The fourth-order valence-electron chi connectivity index (χ4n) is 4.27. The Kier molecular flexibility index (Phi) is 7.10. The molecule has 1 aliphatic rings. The summed E-state index contributed by atoms with van der Waals surface area (Å²) in [7, 11) is 0. The van der Waals surface area contributed by atoms with E-state index in [-0.39, 0.29) is 17.5 Å². The number of carbonyl (C=O) groups excluding carboxylic acids is 1. The second-order valence-corrected chi connectivity index (χ2v) is 9.85. The number of nitrogens with zero attached hydrogens (tertiary/aromatic N) is 5. The van der Waals surface area contributed by atoms with Crippen molar-refractivity contribution in [3.05, 3.63) is 76.0 Å². The number of anilines is 1. The van der Waals surface area contributed by atoms with Crippen molar-refractivity contribution in [3.63, 3.8) is 0 Å². The fraction of sp³-hybridized carbons (Fsp3) is 0.259. The number of aromatic nitrogens is 3. The second kappa shape index (κ2) is 10.6. The molecule has 3 heterocycles. The molecule has 0 spiro atoms. The number of furan rings is 1. The van der Waals surface area contributed by atoms with Gasteiger partial charge in [0.2, 0.25) is 23.2 Å². The van der Waals surface area contributed by atoms with Gasteiger partial charge in [0.1, 0.15) is 5.76 Å². The first-order chi connectivity index (χ1) is 18.4. The maximum absolute atomic E-state index is 13.0. The van der Waals surface area contributed by atoms with Gasteiger partial charge in [0.15, 0.2) is 11.5 Å². The number of benzene rings is 2. The van der Waals surface area contributed by atoms with Gasteiger partial charge in [0.05, 0.1) is 10.6 Å². The highest BCUT2D eigenvalue weighted by Crippen LogP contribution is 2.44. The smallest absolute Gasteiger partial charge is 0.269 e. The van der Waals surface area contributed by atoms with Crippen molar-refractivity contribution in [3.8, 4) is 28.5 Å². The zero-order chi connectivity index (χ0) is 26.8. The third-order valence-corrected chi connectivity index (χ3v) is 7.06. The van der Waals surface area contributed by atoms with Gasteiger partial charge < -0.3 is 9.15 Å². The Morgan fingerprint density at radius 1 is 1.13 bits per heavy atom. The van der Waals surface area contributed by atoms with Crippen LogP contribution in [-0.2, 0) is 4.79 Å². The van der Waals surface area contributed by atoms with E-state index in [2.05, 4.69) is 22.1 Å². The average Bonchev–Trinajstić information content (AvgIpc) is 3.33. The third-order valence-electron chi connectivity index (χ3n) is 6.14. The van der Waals surface area contributed by atoms with Crippen molar-refractivity contribution >= 4 is 29.0 Å². The van der Waals surface area contributed by atoms with Crippen LogP contribution in [0, 0.1) is 17.0 Å². The molecule has 0 aliphatic carbocycles. The number of fused-ring (bicyclic) bond motifs is 3. The fourth-order valence-corrected chi connectivity index (χ4v) is 5.14. The molecular weight excluding hydrogens is 506 g/mol. The molecule has 1 aliphatic heterocycles. The topological polar surface area (TPSA) is 124 Å². The van der Waals surface area contributed by atoms with Crippen LogP contribution in [0.15, 0.2) is 64.2 Å². The number of nitro benzene ring substituents is 1. The maximum Gasteiger partial charge on any atom is 0.269 e. The van der Waals surface area contributed by atoms with E-state index in [1.165, 1.54) is 35.7 Å². The lowest BCUT2D eigenvalue weighted by atomic mass is 10.1. The quantitative estimate of drug-likeness (QED) is 0.116. The first-order valence-corrected chi connectivity index (χ1v) is 13.1.